The van der Waals surface area contributed by atoms with Gasteiger partial charge < -0.3 is 23.7 Å². The summed E-state index contributed by atoms with van der Waals surface area (Å²) in [7, 11) is -1.76. The molecule has 1 N–H and O–H groups in total. The van der Waals surface area contributed by atoms with Gasteiger partial charge in [-0.25, -0.2) is 4.21 Å². The van der Waals surface area contributed by atoms with Gasteiger partial charge >= 0.3 is 0 Å². The summed E-state index contributed by atoms with van der Waals surface area (Å²) in [5, 5.41) is 0.732. The summed E-state index contributed by atoms with van der Waals surface area (Å²) in [6, 6.07) is 13.3. The number of carbonyl (C=O) groups excluding carboxylic acids is 2. The number of hydrogen-bond acceptors (Lipinski definition) is 8. The minimum atomic E-state index is -3.53. The molecule has 0 saturated heterocycles. The molecule has 10 nitrogen and oxygen atoms in total. The molecule has 4 aliphatic heterocycles. The van der Waals surface area contributed by atoms with E-state index in [1.807, 2.05) is 41.5 Å². The zero-order valence-electron chi connectivity index (χ0n) is 29.6. The number of allylic oxidation sites excluding steroid dienone is 1. The summed E-state index contributed by atoms with van der Waals surface area (Å²) in [4.78, 5) is 30.0. The van der Waals surface area contributed by atoms with Gasteiger partial charge in [0, 0.05) is 49.2 Å². The third-order valence-corrected chi connectivity index (χ3v) is 14.9. The summed E-state index contributed by atoms with van der Waals surface area (Å²) < 4.78 is 41.5. The van der Waals surface area contributed by atoms with Crippen LogP contribution >= 0.6 is 23.4 Å². The topological polar surface area (TPSA) is 111 Å². The van der Waals surface area contributed by atoms with Crippen LogP contribution in [0.1, 0.15) is 63.7 Å². The lowest BCUT2D eigenvalue weighted by Gasteiger charge is -2.45. The van der Waals surface area contributed by atoms with Crippen molar-refractivity contribution in [2.75, 3.05) is 49.8 Å². The number of methoxy groups -OCH3 is 1. The Morgan fingerprint density at radius 2 is 2.08 bits per heavy atom. The second-order valence-electron chi connectivity index (χ2n) is 14.8. The fourth-order valence-corrected chi connectivity index (χ4v) is 11.9. The minimum Gasteiger partial charge on any atom is -0.490 e. The lowest BCUT2D eigenvalue weighted by Crippen LogP contribution is -2.48. The number of fused-ring (bicyclic) bond motifs is 5. The van der Waals surface area contributed by atoms with Gasteiger partial charge in [0.15, 0.2) is 0 Å². The van der Waals surface area contributed by atoms with E-state index in [0.717, 1.165) is 48.0 Å². The minimum absolute atomic E-state index is 0.0124. The molecule has 5 aliphatic rings. The molecule has 2 aromatic carbocycles. The van der Waals surface area contributed by atoms with Gasteiger partial charge in [0.2, 0.25) is 0 Å². The van der Waals surface area contributed by atoms with Crippen LogP contribution in [-0.2, 0) is 43.7 Å². The molecule has 6 atom stereocenters. The van der Waals surface area contributed by atoms with Crippen molar-refractivity contribution < 1.29 is 28.0 Å². The van der Waals surface area contributed by atoms with Crippen molar-refractivity contribution in [3.63, 3.8) is 0 Å². The van der Waals surface area contributed by atoms with E-state index in [2.05, 4.69) is 38.3 Å². The van der Waals surface area contributed by atoms with E-state index in [9.17, 15) is 13.8 Å². The number of nitrogens with one attached hydrogen (secondary N) is 1. The third kappa shape index (κ3) is 7.04. The van der Waals surface area contributed by atoms with Crippen LogP contribution in [0.3, 0.4) is 0 Å². The fraction of sp³-hybridized carbons (Fsp3) is 0.487. The van der Waals surface area contributed by atoms with E-state index < -0.39 is 21.7 Å². The number of aryl methyl sites for hydroxylation is 1. The summed E-state index contributed by atoms with van der Waals surface area (Å²) in [5.41, 5.74) is 4.82. The highest BCUT2D eigenvalue weighted by Gasteiger charge is 2.45. The first kappa shape index (κ1) is 35.7. The number of amides is 2. The average Bonchev–Trinajstić information content (AvgIpc) is 3.49. The molecule has 2 bridgehead atoms. The van der Waals surface area contributed by atoms with Crippen LogP contribution in [-0.4, -0.2) is 71.6 Å². The molecular formula is C39H45ClN4O6S2. The molecule has 52 heavy (non-hydrogen) atoms. The van der Waals surface area contributed by atoms with Crippen molar-refractivity contribution in [3.05, 3.63) is 93.8 Å². The maximum absolute atomic E-state index is 14.6. The Morgan fingerprint density at radius 3 is 2.88 bits per heavy atom. The molecular weight excluding hydrogens is 720 g/mol. The van der Waals surface area contributed by atoms with E-state index in [4.69, 9.17) is 25.8 Å². The molecule has 1 saturated carbocycles. The maximum Gasteiger partial charge on any atom is 0.286 e. The van der Waals surface area contributed by atoms with Crippen molar-refractivity contribution in [2.45, 2.75) is 56.6 Å². The molecule has 2 amide bonds. The van der Waals surface area contributed by atoms with Gasteiger partial charge in [0.25, 0.3) is 11.8 Å². The highest BCUT2D eigenvalue weighted by atomic mass is 35.5. The Hall–Kier alpha value is -3.29. The number of anilines is 1. The fourth-order valence-electron chi connectivity index (χ4n) is 8.38. The van der Waals surface area contributed by atoms with Crippen LogP contribution < -0.4 is 14.4 Å². The van der Waals surface area contributed by atoms with Crippen LogP contribution in [0.4, 0.5) is 5.69 Å². The van der Waals surface area contributed by atoms with Crippen LogP contribution in [0, 0.1) is 17.8 Å². The number of benzene rings is 2. The number of aromatic nitrogens is 1. The molecule has 13 heteroatoms. The van der Waals surface area contributed by atoms with Gasteiger partial charge in [0.1, 0.15) is 22.3 Å². The first-order valence-corrected chi connectivity index (χ1v) is 21.2. The average molecular weight is 765 g/mol. The van der Waals surface area contributed by atoms with E-state index >= 15 is 0 Å². The first-order valence-electron chi connectivity index (χ1n) is 18.1. The number of thioether (sulfide) groups is 1. The lowest BCUT2D eigenvalue weighted by atomic mass is 9.70. The van der Waals surface area contributed by atoms with Crippen molar-refractivity contribution in [1.29, 1.82) is 0 Å². The monoisotopic (exact) mass is 764 g/mol. The van der Waals surface area contributed by atoms with Crippen molar-refractivity contribution in [1.82, 2.24) is 9.29 Å². The van der Waals surface area contributed by atoms with Crippen molar-refractivity contribution in [3.8, 4) is 5.75 Å². The number of carbonyl (C=O) groups is 2. The normalized spacial score (nSPS) is 30.8. The zero-order chi connectivity index (χ0) is 36.0. The van der Waals surface area contributed by atoms with Gasteiger partial charge in [-0.15, -0.1) is 16.1 Å². The van der Waals surface area contributed by atoms with Gasteiger partial charge in [-0.3, -0.25) is 14.3 Å². The molecule has 1 aromatic heterocycles. The predicted octanol–water partition coefficient (Wildman–Crippen LogP) is 6.65. The number of rotatable bonds is 3. The number of ether oxygens (including phenoxy) is 3. The van der Waals surface area contributed by atoms with Gasteiger partial charge in [-0.05, 0) is 96.7 Å². The van der Waals surface area contributed by atoms with E-state index in [0.29, 0.717) is 68.0 Å². The van der Waals surface area contributed by atoms with Gasteiger partial charge in [-0.2, -0.15) is 0 Å². The summed E-state index contributed by atoms with van der Waals surface area (Å²) in [6.07, 6.45) is 9.58. The largest absolute Gasteiger partial charge is 0.490 e. The molecule has 5 heterocycles. The SMILES string of the molecule is CO[C@H]1/C=C\C[C@H](C)CS(=O)(NC(=O)c2cc3n(c2)CCOC3)=NC(=O)c2ccc3c(c2)N(C[C@@H]2CC[C@H]21)C[C@]1(CO3)SCCc2cc(Cl)ccc21. The van der Waals surface area contributed by atoms with E-state index in [1.165, 1.54) is 11.1 Å². The van der Waals surface area contributed by atoms with Crippen LogP contribution in [0.15, 0.2) is 65.2 Å². The molecule has 1 spiro atoms. The van der Waals surface area contributed by atoms with Crippen molar-refractivity contribution >= 4 is 50.8 Å². The van der Waals surface area contributed by atoms with Crippen LogP contribution in [0.2, 0.25) is 5.02 Å². The Labute approximate surface area is 314 Å². The Kier molecular flexibility index (Phi) is 9.97. The second-order valence-corrected chi connectivity index (χ2v) is 18.7. The molecule has 1 unspecified atom stereocenters. The van der Waals surface area contributed by atoms with E-state index in [1.54, 1.807) is 25.4 Å². The molecule has 276 valence electrons. The predicted molar refractivity (Wildman–Crippen MR) is 205 cm³/mol. The highest BCUT2D eigenvalue weighted by molar-refractivity contribution is 8.00. The standard InChI is InChI=1S/C39H45ClN4O6S2/c1-25-4-3-5-35(48-2)32-9-6-28(32)19-44-23-39(33-10-8-30(40)16-26(33)12-15-51-39)24-50-36-11-7-27(18-34(36)44)37(45)41-52(47,22-25)42-38(46)29-17-31-21-49-14-13-43(31)20-29/h3,5,7-8,10-11,16-18,20,25,28,32,35H,4,6,9,12-15,19,21-24H2,1-2H3,(H,41,42,45,46,47)/b5-3-/t25-,28-,32+,35-,39+,52?/m0/s1. The maximum atomic E-state index is 14.6. The first-order chi connectivity index (χ1) is 25.1. The molecule has 1 aliphatic carbocycles. The number of hydrogen-bond donors (Lipinski definition) is 1. The van der Waals surface area contributed by atoms with Gasteiger partial charge in [0.05, 0.1) is 41.1 Å². The summed E-state index contributed by atoms with van der Waals surface area (Å²) >= 11 is 8.38. The van der Waals surface area contributed by atoms with E-state index in [-0.39, 0.29) is 22.5 Å². The zero-order valence-corrected chi connectivity index (χ0v) is 31.9. The molecule has 0 radical (unpaired) electrons. The summed E-state index contributed by atoms with van der Waals surface area (Å²) in [5.74, 6) is 1.05. The molecule has 1 fully saturated rings. The third-order valence-electron chi connectivity index (χ3n) is 11.2. The Morgan fingerprint density at radius 1 is 1.19 bits per heavy atom. The molecule has 8 rings (SSSR count). The van der Waals surface area contributed by atoms with Crippen LogP contribution in [0.25, 0.3) is 0 Å². The Balaban J connectivity index is 1.18. The lowest BCUT2D eigenvalue weighted by molar-refractivity contribution is 0.0134. The van der Waals surface area contributed by atoms with Gasteiger partial charge in [-0.1, -0.05) is 36.7 Å². The molecule has 3 aromatic rings. The van der Waals surface area contributed by atoms with Crippen LogP contribution in [0.5, 0.6) is 5.75 Å². The summed E-state index contributed by atoms with van der Waals surface area (Å²) in [6.45, 7) is 5.48. The van der Waals surface area contributed by atoms with Crippen molar-refractivity contribution in [2.24, 2.45) is 22.1 Å². The number of halogens is 1. The highest BCUT2D eigenvalue weighted by Crippen LogP contribution is 2.49. The second kappa shape index (κ2) is 14.5. The Bertz CT molecular complexity index is 2020. The smallest absolute Gasteiger partial charge is 0.286 e. The number of nitrogens with zero attached hydrogens (tertiary/aromatic N) is 3. The quantitative estimate of drug-likeness (QED) is 0.296.